The molecule has 0 atom stereocenters. The lowest BCUT2D eigenvalue weighted by Crippen LogP contribution is -2.34. The number of ether oxygens (including phenoxy) is 1. The predicted molar refractivity (Wildman–Crippen MR) is 79.9 cm³/mol. The molecule has 0 saturated heterocycles. The van der Waals surface area contributed by atoms with Gasteiger partial charge in [-0.15, -0.1) is 0 Å². The summed E-state index contributed by atoms with van der Waals surface area (Å²) in [4.78, 5) is 34.0. The van der Waals surface area contributed by atoms with Crippen LogP contribution in [0.25, 0.3) is 0 Å². The van der Waals surface area contributed by atoms with Crippen molar-refractivity contribution in [3.05, 3.63) is 18.0 Å². The lowest BCUT2D eigenvalue weighted by molar-refractivity contribution is -0.116. The molecule has 0 aliphatic rings. The van der Waals surface area contributed by atoms with Crippen LogP contribution in [0.5, 0.6) is 0 Å². The first-order valence-electron chi connectivity index (χ1n) is 6.75. The van der Waals surface area contributed by atoms with Gasteiger partial charge in [0.2, 0.25) is 5.91 Å². The summed E-state index contributed by atoms with van der Waals surface area (Å²) in [5, 5.41) is 13.9. The van der Waals surface area contributed by atoms with Gasteiger partial charge in [0.05, 0.1) is 5.69 Å². The molecule has 8 heteroatoms. The fourth-order valence-electron chi connectivity index (χ4n) is 1.66. The number of rotatable bonds is 5. The SMILES string of the molecule is Cn1cc(NC(=O)CCNC(=O)OC(C)(C)C)cc1C(=O)O. The summed E-state index contributed by atoms with van der Waals surface area (Å²) < 4.78 is 6.43. The van der Waals surface area contributed by atoms with Gasteiger partial charge in [-0.2, -0.15) is 0 Å². The van der Waals surface area contributed by atoms with Gasteiger partial charge in [0.25, 0.3) is 0 Å². The zero-order valence-corrected chi connectivity index (χ0v) is 13.1. The summed E-state index contributed by atoms with van der Waals surface area (Å²) in [5.74, 6) is -1.41. The highest BCUT2D eigenvalue weighted by Crippen LogP contribution is 2.13. The highest BCUT2D eigenvalue weighted by atomic mass is 16.6. The summed E-state index contributed by atoms with van der Waals surface area (Å²) in [6.45, 7) is 5.36. The summed E-state index contributed by atoms with van der Waals surface area (Å²) in [6.07, 6.45) is 0.965. The van der Waals surface area contributed by atoms with Crippen LogP contribution in [0.4, 0.5) is 10.5 Å². The Morgan fingerprint density at radius 2 is 1.95 bits per heavy atom. The monoisotopic (exact) mass is 311 g/mol. The van der Waals surface area contributed by atoms with E-state index in [4.69, 9.17) is 9.84 Å². The number of nitrogens with zero attached hydrogens (tertiary/aromatic N) is 1. The third kappa shape index (κ3) is 5.86. The lowest BCUT2D eigenvalue weighted by atomic mass is 10.2. The molecule has 0 fully saturated rings. The van der Waals surface area contributed by atoms with Crippen molar-refractivity contribution in [2.75, 3.05) is 11.9 Å². The average molecular weight is 311 g/mol. The highest BCUT2D eigenvalue weighted by Gasteiger charge is 2.16. The number of aromatic nitrogens is 1. The molecule has 1 aromatic rings. The van der Waals surface area contributed by atoms with Crippen molar-refractivity contribution in [1.82, 2.24) is 9.88 Å². The Balaban J connectivity index is 2.40. The van der Waals surface area contributed by atoms with Crippen molar-refractivity contribution in [1.29, 1.82) is 0 Å². The molecule has 22 heavy (non-hydrogen) atoms. The number of carboxylic acids is 1. The van der Waals surface area contributed by atoms with Crippen LogP contribution in [0.1, 0.15) is 37.7 Å². The molecular formula is C14H21N3O5. The molecule has 1 rings (SSSR count). The molecule has 0 aromatic carbocycles. The van der Waals surface area contributed by atoms with E-state index in [2.05, 4.69) is 10.6 Å². The van der Waals surface area contributed by atoms with Crippen LogP contribution in [-0.2, 0) is 16.6 Å². The maximum Gasteiger partial charge on any atom is 0.407 e. The number of anilines is 1. The average Bonchev–Trinajstić information content (AvgIpc) is 2.67. The molecule has 0 saturated carbocycles. The number of aryl methyl sites for hydroxylation is 1. The predicted octanol–water partition coefficient (Wildman–Crippen LogP) is 1.58. The molecule has 0 aliphatic heterocycles. The van der Waals surface area contributed by atoms with Crippen molar-refractivity contribution < 1.29 is 24.2 Å². The van der Waals surface area contributed by atoms with Gasteiger partial charge in [-0.25, -0.2) is 9.59 Å². The van der Waals surface area contributed by atoms with Gasteiger partial charge in [0, 0.05) is 26.2 Å². The Morgan fingerprint density at radius 1 is 1.32 bits per heavy atom. The standard InChI is InChI=1S/C14H21N3O5/c1-14(2,3)22-13(21)15-6-5-11(18)16-9-7-10(12(19)20)17(4)8-9/h7-8H,5-6H2,1-4H3,(H,15,21)(H,16,18)(H,19,20). The van der Waals surface area contributed by atoms with Crippen LogP contribution in [-0.4, -0.2) is 39.8 Å². The van der Waals surface area contributed by atoms with Crippen LogP contribution in [0.3, 0.4) is 0 Å². The molecule has 8 nitrogen and oxygen atoms in total. The van der Waals surface area contributed by atoms with Crippen molar-refractivity contribution >= 4 is 23.7 Å². The van der Waals surface area contributed by atoms with Crippen LogP contribution in [0.15, 0.2) is 12.3 Å². The third-order valence-corrected chi connectivity index (χ3v) is 2.53. The zero-order valence-electron chi connectivity index (χ0n) is 13.1. The van der Waals surface area contributed by atoms with E-state index in [0.29, 0.717) is 5.69 Å². The number of carboxylic acid groups (broad SMARTS) is 1. The Kier molecular flexibility index (Phi) is 5.56. The lowest BCUT2D eigenvalue weighted by Gasteiger charge is -2.19. The van der Waals surface area contributed by atoms with Gasteiger partial charge < -0.3 is 25.0 Å². The molecule has 0 radical (unpaired) electrons. The minimum absolute atomic E-state index is 0.0521. The molecule has 0 bridgehead atoms. The van der Waals surface area contributed by atoms with Gasteiger partial charge in [-0.3, -0.25) is 4.79 Å². The number of nitrogens with one attached hydrogen (secondary N) is 2. The van der Waals surface area contributed by atoms with E-state index in [1.165, 1.54) is 16.8 Å². The first kappa shape index (κ1) is 17.5. The third-order valence-electron chi connectivity index (χ3n) is 2.53. The maximum absolute atomic E-state index is 11.7. The second-order valence-electron chi connectivity index (χ2n) is 5.76. The van der Waals surface area contributed by atoms with E-state index in [1.54, 1.807) is 27.8 Å². The van der Waals surface area contributed by atoms with Crippen molar-refractivity contribution in [3.63, 3.8) is 0 Å². The Labute approximate surface area is 128 Å². The molecule has 2 amide bonds. The van der Waals surface area contributed by atoms with E-state index >= 15 is 0 Å². The summed E-state index contributed by atoms with van der Waals surface area (Å²) in [6, 6.07) is 1.36. The van der Waals surface area contributed by atoms with Crippen LogP contribution < -0.4 is 10.6 Å². The van der Waals surface area contributed by atoms with Gasteiger partial charge in [-0.05, 0) is 26.8 Å². The summed E-state index contributed by atoms with van der Waals surface area (Å²) in [5.41, 5.74) is -0.131. The minimum atomic E-state index is -1.07. The maximum atomic E-state index is 11.7. The minimum Gasteiger partial charge on any atom is -0.477 e. The number of amides is 2. The zero-order chi connectivity index (χ0) is 16.9. The Morgan fingerprint density at radius 3 is 2.45 bits per heavy atom. The normalized spacial score (nSPS) is 10.9. The summed E-state index contributed by atoms with van der Waals surface area (Å²) in [7, 11) is 1.57. The van der Waals surface area contributed by atoms with Gasteiger partial charge in [0.1, 0.15) is 11.3 Å². The number of hydrogen-bond donors (Lipinski definition) is 3. The first-order chi connectivity index (χ1) is 10.1. The van der Waals surface area contributed by atoms with Crippen LogP contribution in [0, 0.1) is 0 Å². The topological polar surface area (TPSA) is 110 Å². The fourth-order valence-corrected chi connectivity index (χ4v) is 1.66. The van der Waals surface area contributed by atoms with Crippen LogP contribution in [0.2, 0.25) is 0 Å². The number of hydrogen-bond acceptors (Lipinski definition) is 4. The smallest absolute Gasteiger partial charge is 0.407 e. The van der Waals surface area contributed by atoms with Gasteiger partial charge in [0.15, 0.2) is 0 Å². The number of carbonyl (C=O) groups excluding carboxylic acids is 2. The molecule has 0 aliphatic carbocycles. The van der Waals surface area contributed by atoms with E-state index in [0.717, 1.165) is 0 Å². The van der Waals surface area contributed by atoms with E-state index in [9.17, 15) is 14.4 Å². The van der Waals surface area contributed by atoms with Gasteiger partial charge in [-0.1, -0.05) is 0 Å². The quantitative estimate of drug-likeness (QED) is 0.764. The second kappa shape index (κ2) is 6.97. The van der Waals surface area contributed by atoms with Crippen molar-refractivity contribution in [2.24, 2.45) is 7.05 Å². The molecular weight excluding hydrogens is 290 g/mol. The largest absolute Gasteiger partial charge is 0.477 e. The number of carbonyl (C=O) groups is 3. The molecule has 0 spiro atoms. The molecule has 3 N–H and O–H groups in total. The number of aromatic carboxylic acids is 1. The molecule has 0 unspecified atom stereocenters. The van der Waals surface area contributed by atoms with Gasteiger partial charge >= 0.3 is 12.1 Å². The van der Waals surface area contributed by atoms with Crippen LogP contribution >= 0.6 is 0 Å². The number of alkyl carbamates (subject to hydrolysis) is 1. The summed E-state index contributed by atoms with van der Waals surface area (Å²) >= 11 is 0. The fraction of sp³-hybridized carbons (Fsp3) is 0.500. The van der Waals surface area contributed by atoms with Crippen molar-refractivity contribution in [3.8, 4) is 0 Å². The Hall–Kier alpha value is -2.51. The van der Waals surface area contributed by atoms with E-state index in [1.807, 2.05) is 0 Å². The highest BCUT2D eigenvalue weighted by molar-refractivity contribution is 5.93. The second-order valence-corrected chi connectivity index (χ2v) is 5.76. The molecule has 122 valence electrons. The van der Waals surface area contributed by atoms with Crippen molar-refractivity contribution in [2.45, 2.75) is 32.8 Å². The Bertz CT molecular complexity index is 572. The molecule has 1 heterocycles. The van der Waals surface area contributed by atoms with E-state index in [-0.39, 0.29) is 24.6 Å². The first-order valence-corrected chi connectivity index (χ1v) is 6.75. The van der Waals surface area contributed by atoms with E-state index < -0.39 is 17.7 Å². The molecule has 1 aromatic heterocycles.